The van der Waals surface area contributed by atoms with Crippen molar-refractivity contribution >= 4 is 52.6 Å². The summed E-state index contributed by atoms with van der Waals surface area (Å²) in [7, 11) is 1.65. The van der Waals surface area contributed by atoms with E-state index in [0.29, 0.717) is 10.1 Å². The molecule has 2 aromatic carbocycles. The van der Waals surface area contributed by atoms with Crippen molar-refractivity contribution in [2.75, 3.05) is 17.7 Å². The summed E-state index contributed by atoms with van der Waals surface area (Å²) in [6.07, 6.45) is 3.45. The second-order valence-corrected chi connectivity index (χ2v) is 6.17. The Morgan fingerprint density at radius 3 is 2.76 bits per heavy atom. The fourth-order valence-electron chi connectivity index (χ4n) is 2.39. The van der Waals surface area contributed by atoms with Crippen LogP contribution >= 0.6 is 23.8 Å². The van der Waals surface area contributed by atoms with Crippen molar-refractivity contribution in [3.8, 4) is 0 Å². The summed E-state index contributed by atoms with van der Waals surface area (Å²) < 4.78 is 5.47. The van der Waals surface area contributed by atoms with Gasteiger partial charge in [0.15, 0.2) is 11.3 Å². The Hall–Kier alpha value is -2.41. The molecule has 1 aliphatic rings. The van der Waals surface area contributed by atoms with Gasteiger partial charge < -0.3 is 15.4 Å². The molecular weight excluding hydrogens is 356 g/mol. The molecule has 7 heteroatoms. The Morgan fingerprint density at radius 1 is 1.24 bits per heavy atom. The number of hydrazone groups is 1. The number of fused-ring (bicyclic) bond motifs is 1. The van der Waals surface area contributed by atoms with Crippen molar-refractivity contribution in [1.29, 1.82) is 0 Å². The number of para-hydroxylation sites is 1. The molecule has 0 bridgehead atoms. The van der Waals surface area contributed by atoms with Crippen LogP contribution in [0.2, 0.25) is 5.02 Å². The molecule has 1 atom stereocenters. The lowest BCUT2D eigenvalue weighted by atomic mass is 10.0. The van der Waals surface area contributed by atoms with E-state index < -0.39 is 0 Å². The molecule has 0 spiro atoms. The van der Waals surface area contributed by atoms with Gasteiger partial charge in [-0.25, -0.2) is 0 Å². The van der Waals surface area contributed by atoms with Crippen molar-refractivity contribution in [2.45, 2.75) is 6.23 Å². The molecule has 1 unspecified atom stereocenters. The van der Waals surface area contributed by atoms with E-state index in [1.807, 2.05) is 42.5 Å². The number of nitrogens with zero attached hydrogens (tertiary/aromatic N) is 1. The fourth-order valence-corrected chi connectivity index (χ4v) is 2.69. The van der Waals surface area contributed by atoms with E-state index in [0.717, 1.165) is 22.5 Å². The third kappa shape index (κ3) is 4.57. The number of rotatable bonds is 4. The van der Waals surface area contributed by atoms with Gasteiger partial charge in [-0.15, -0.1) is 0 Å². The van der Waals surface area contributed by atoms with E-state index in [9.17, 15) is 0 Å². The molecule has 0 amide bonds. The zero-order chi connectivity index (χ0) is 17.6. The second-order valence-electron chi connectivity index (χ2n) is 5.32. The molecule has 3 N–H and O–H groups in total. The Labute approximate surface area is 156 Å². The molecule has 128 valence electrons. The van der Waals surface area contributed by atoms with Gasteiger partial charge in [-0.05, 0) is 54.2 Å². The average molecular weight is 373 g/mol. The zero-order valence-electron chi connectivity index (χ0n) is 13.5. The number of nitrogens with one attached hydrogen (secondary N) is 3. The van der Waals surface area contributed by atoms with Crippen LogP contribution in [0.25, 0.3) is 6.08 Å². The van der Waals surface area contributed by atoms with E-state index in [4.69, 9.17) is 28.6 Å². The van der Waals surface area contributed by atoms with Crippen LogP contribution in [0.3, 0.4) is 0 Å². The number of methoxy groups -OCH3 is 1. The lowest BCUT2D eigenvalue weighted by molar-refractivity contribution is 0.158. The van der Waals surface area contributed by atoms with Crippen molar-refractivity contribution < 1.29 is 4.74 Å². The number of thiocarbonyl (C=S) groups is 1. The number of hydrogen-bond donors (Lipinski definition) is 3. The predicted octanol–water partition coefficient (Wildman–Crippen LogP) is 4.09. The minimum Gasteiger partial charge on any atom is -0.357 e. The fraction of sp³-hybridized carbons (Fsp3) is 0.111. The van der Waals surface area contributed by atoms with E-state index in [-0.39, 0.29) is 6.23 Å². The van der Waals surface area contributed by atoms with Crippen LogP contribution < -0.4 is 16.1 Å². The first-order valence-electron chi connectivity index (χ1n) is 7.61. The Kier molecular flexibility index (Phi) is 5.65. The normalized spacial score (nSPS) is 15.9. The maximum Gasteiger partial charge on any atom is 0.191 e. The molecule has 0 fully saturated rings. The highest BCUT2D eigenvalue weighted by Crippen LogP contribution is 2.26. The molecule has 25 heavy (non-hydrogen) atoms. The molecule has 3 rings (SSSR count). The summed E-state index contributed by atoms with van der Waals surface area (Å²) in [6, 6.07) is 15.3. The third-order valence-electron chi connectivity index (χ3n) is 3.59. The molecule has 0 aliphatic carbocycles. The summed E-state index contributed by atoms with van der Waals surface area (Å²) in [5, 5.41) is 11.6. The maximum absolute atomic E-state index is 5.86. The first kappa shape index (κ1) is 17.4. The molecule has 0 radical (unpaired) electrons. The topological polar surface area (TPSA) is 57.7 Å². The number of halogens is 1. The van der Waals surface area contributed by atoms with Gasteiger partial charge in [0.25, 0.3) is 0 Å². The molecule has 0 saturated heterocycles. The minimum atomic E-state index is -0.266. The highest BCUT2D eigenvalue weighted by molar-refractivity contribution is 7.80. The molecule has 1 heterocycles. The average Bonchev–Trinajstić information content (AvgIpc) is 2.63. The summed E-state index contributed by atoms with van der Waals surface area (Å²) >= 11 is 11.1. The monoisotopic (exact) mass is 372 g/mol. The van der Waals surface area contributed by atoms with Gasteiger partial charge >= 0.3 is 0 Å². The number of benzene rings is 2. The van der Waals surface area contributed by atoms with E-state index in [2.05, 4.69) is 21.2 Å². The summed E-state index contributed by atoms with van der Waals surface area (Å²) in [4.78, 5) is 0. The van der Waals surface area contributed by atoms with E-state index in [1.165, 1.54) is 0 Å². The van der Waals surface area contributed by atoms with Crippen molar-refractivity contribution in [1.82, 2.24) is 5.43 Å². The highest BCUT2D eigenvalue weighted by Gasteiger charge is 2.18. The first-order chi connectivity index (χ1) is 12.2. The van der Waals surface area contributed by atoms with Gasteiger partial charge in [-0.3, -0.25) is 5.43 Å². The largest absolute Gasteiger partial charge is 0.357 e. The van der Waals surface area contributed by atoms with Crippen molar-refractivity contribution in [2.24, 2.45) is 5.10 Å². The molecule has 2 aromatic rings. The Balaban J connectivity index is 1.63. The molecule has 0 aromatic heterocycles. The van der Waals surface area contributed by atoms with Crippen LogP contribution in [0.4, 0.5) is 11.4 Å². The van der Waals surface area contributed by atoms with E-state index >= 15 is 0 Å². The van der Waals surface area contributed by atoms with Gasteiger partial charge in [-0.2, -0.15) is 5.10 Å². The van der Waals surface area contributed by atoms with Gasteiger partial charge in [0.1, 0.15) is 0 Å². The number of hydrogen-bond acceptors (Lipinski definition) is 4. The van der Waals surface area contributed by atoms with Crippen LogP contribution in [0, 0.1) is 0 Å². The standard InChI is InChI=1S/C18H17ClN4OS/c1-24-17-13(10-12-4-2-3-5-16(12)22-17)11-20-23-18(25)21-15-8-6-14(19)7-9-15/h2-11,17,22H,1H3,(H2,21,23,25)/b20-11+. The van der Waals surface area contributed by atoms with Gasteiger partial charge in [0, 0.05) is 29.1 Å². The SMILES string of the molecule is COC1Nc2ccccc2C=C1/C=N/NC(=S)Nc1ccc(Cl)cc1. The summed E-state index contributed by atoms with van der Waals surface area (Å²) in [6.45, 7) is 0. The highest BCUT2D eigenvalue weighted by atomic mass is 35.5. The number of anilines is 2. The molecule has 0 saturated carbocycles. The third-order valence-corrected chi connectivity index (χ3v) is 4.04. The molecule has 5 nitrogen and oxygen atoms in total. The summed E-state index contributed by atoms with van der Waals surface area (Å²) in [5.41, 5.74) is 6.63. The van der Waals surface area contributed by atoms with Gasteiger partial charge in [0.05, 0.1) is 6.21 Å². The van der Waals surface area contributed by atoms with Crippen LogP contribution in [-0.2, 0) is 4.74 Å². The minimum absolute atomic E-state index is 0.266. The summed E-state index contributed by atoms with van der Waals surface area (Å²) in [5.74, 6) is 0. The molecular formula is C18H17ClN4OS. The van der Waals surface area contributed by atoms with Crippen LogP contribution in [-0.4, -0.2) is 24.7 Å². The van der Waals surface area contributed by atoms with Crippen LogP contribution in [0.5, 0.6) is 0 Å². The second kappa shape index (κ2) is 8.11. The van der Waals surface area contributed by atoms with Gasteiger partial charge in [-0.1, -0.05) is 29.8 Å². The van der Waals surface area contributed by atoms with Crippen LogP contribution in [0.15, 0.2) is 59.2 Å². The lowest BCUT2D eigenvalue weighted by Crippen LogP contribution is -2.29. The lowest BCUT2D eigenvalue weighted by Gasteiger charge is -2.25. The van der Waals surface area contributed by atoms with Crippen LogP contribution in [0.1, 0.15) is 5.56 Å². The van der Waals surface area contributed by atoms with Gasteiger partial charge in [0.2, 0.25) is 0 Å². The Bertz CT molecular complexity index is 820. The smallest absolute Gasteiger partial charge is 0.191 e. The van der Waals surface area contributed by atoms with Crippen molar-refractivity contribution in [3.63, 3.8) is 0 Å². The zero-order valence-corrected chi connectivity index (χ0v) is 15.1. The Morgan fingerprint density at radius 2 is 2.00 bits per heavy atom. The van der Waals surface area contributed by atoms with Crippen molar-refractivity contribution in [3.05, 3.63) is 64.7 Å². The maximum atomic E-state index is 5.86. The quantitative estimate of drug-likeness (QED) is 0.428. The van der Waals surface area contributed by atoms with E-state index in [1.54, 1.807) is 25.5 Å². The predicted molar refractivity (Wildman–Crippen MR) is 108 cm³/mol. The first-order valence-corrected chi connectivity index (χ1v) is 8.40. The molecule has 1 aliphatic heterocycles. The number of ether oxygens (including phenoxy) is 1.